The largest absolute Gasteiger partial charge is 0.384 e. The molecule has 0 bridgehead atoms. The second-order valence-electron chi connectivity index (χ2n) is 4.48. The first-order valence-electron chi connectivity index (χ1n) is 6.14. The van der Waals surface area contributed by atoms with E-state index in [0.29, 0.717) is 10.5 Å². The number of amidine groups is 1. The highest BCUT2D eigenvalue weighted by molar-refractivity contribution is 9.10. The molecule has 0 aliphatic carbocycles. The van der Waals surface area contributed by atoms with Gasteiger partial charge in [0.25, 0.3) is 0 Å². The van der Waals surface area contributed by atoms with E-state index in [2.05, 4.69) is 20.9 Å². The normalized spacial score (nSPS) is 11.0. The number of nitrogen functional groups attached to an aromatic ring is 1. The second-order valence-corrected chi connectivity index (χ2v) is 6.35. The lowest BCUT2D eigenvalue weighted by molar-refractivity contribution is 0.594. The van der Waals surface area contributed by atoms with Crippen molar-refractivity contribution >= 4 is 44.4 Å². The van der Waals surface area contributed by atoms with E-state index in [1.165, 1.54) is 11.8 Å². The Kier molecular flexibility index (Phi) is 3.73. The van der Waals surface area contributed by atoms with Gasteiger partial charge >= 0.3 is 0 Å². The van der Waals surface area contributed by atoms with Crippen LogP contribution in [0.4, 0.5) is 4.39 Å². The molecule has 1 heterocycles. The van der Waals surface area contributed by atoms with Crippen molar-refractivity contribution < 1.29 is 4.39 Å². The van der Waals surface area contributed by atoms with Crippen LogP contribution >= 0.6 is 27.7 Å². The third kappa shape index (κ3) is 2.69. The molecule has 0 unspecified atom stereocenters. The number of aromatic amines is 1. The zero-order valence-electron chi connectivity index (χ0n) is 10.8. The summed E-state index contributed by atoms with van der Waals surface area (Å²) in [4.78, 5) is 3.71. The van der Waals surface area contributed by atoms with Gasteiger partial charge in [0, 0.05) is 16.5 Å². The predicted molar refractivity (Wildman–Crippen MR) is 87.5 cm³/mol. The van der Waals surface area contributed by atoms with Gasteiger partial charge in [-0.25, -0.2) is 4.39 Å². The summed E-state index contributed by atoms with van der Waals surface area (Å²) in [6.45, 7) is 0. The van der Waals surface area contributed by atoms with E-state index in [-0.39, 0.29) is 10.3 Å². The Bertz CT molecular complexity index is 811. The molecule has 3 nitrogen and oxygen atoms in total. The Balaban J connectivity index is 1.98. The highest BCUT2D eigenvalue weighted by Gasteiger charge is 2.14. The van der Waals surface area contributed by atoms with E-state index < -0.39 is 5.82 Å². The maximum Gasteiger partial charge on any atom is 0.152 e. The molecule has 1 aromatic heterocycles. The Morgan fingerprint density at radius 1 is 1.24 bits per heavy atom. The van der Waals surface area contributed by atoms with Gasteiger partial charge in [0.05, 0.1) is 14.4 Å². The van der Waals surface area contributed by atoms with Crippen LogP contribution in [0.1, 0.15) is 5.56 Å². The summed E-state index contributed by atoms with van der Waals surface area (Å²) < 4.78 is 14.5. The summed E-state index contributed by atoms with van der Waals surface area (Å²) in [6.07, 6.45) is 0. The lowest BCUT2D eigenvalue weighted by Gasteiger charge is -2.07. The molecule has 21 heavy (non-hydrogen) atoms. The van der Waals surface area contributed by atoms with Gasteiger partial charge in [-0.1, -0.05) is 30.0 Å². The molecule has 0 atom stereocenters. The van der Waals surface area contributed by atoms with Crippen molar-refractivity contribution in [3.63, 3.8) is 0 Å². The number of hydrogen-bond donors (Lipinski definition) is 3. The molecule has 2 aromatic carbocycles. The van der Waals surface area contributed by atoms with Crippen LogP contribution in [-0.4, -0.2) is 10.8 Å². The summed E-state index contributed by atoms with van der Waals surface area (Å²) in [7, 11) is 0. The van der Waals surface area contributed by atoms with Gasteiger partial charge in [0.1, 0.15) is 5.84 Å². The number of halogens is 2. The van der Waals surface area contributed by atoms with Crippen molar-refractivity contribution in [2.45, 2.75) is 9.92 Å². The van der Waals surface area contributed by atoms with Crippen molar-refractivity contribution in [3.8, 4) is 0 Å². The van der Waals surface area contributed by atoms with E-state index in [4.69, 9.17) is 11.1 Å². The number of H-pyrrole nitrogens is 1. The number of nitrogens with one attached hydrogen (secondary N) is 2. The molecule has 3 aromatic rings. The molecule has 0 aliphatic rings. The minimum Gasteiger partial charge on any atom is -0.384 e. The molecule has 0 saturated heterocycles. The maximum absolute atomic E-state index is 14.3. The first-order valence-corrected chi connectivity index (χ1v) is 7.75. The number of nitrogens with two attached hydrogens (primary N) is 1. The number of para-hydroxylation sites is 1. The molecular weight excluding hydrogens is 353 g/mol. The number of hydrogen-bond acceptors (Lipinski definition) is 2. The molecular formula is C15H11BrFN3S. The van der Waals surface area contributed by atoms with E-state index >= 15 is 0 Å². The van der Waals surface area contributed by atoms with Crippen molar-refractivity contribution in [2.75, 3.05) is 0 Å². The summed E-state index contributed by atoms with van der Waals surface area (Å²) in [5.74, 6) is -0.575. The van der Waals surface area contributed by atoms with Crippen molar-refractivity contribution in [2.24, 2.45) is 5.73 Å². The highest BCUT2D eigenvalue weighted by atomic mass is 79.9. The quantitative estimate of drug-likeness (QED) is 0.473. The van der Waals surface area contributed by atoms with E-state index in [0.717, 1.165) is 15.9 Å². The first-order chi connectivity index (χ1) is 10.1. The summed E-state index contributed by atoms with van der Waals surface area (Å²) in [5.41, 5.74) is 6.78. The molecule has 0 spiro atoms. The number of rotatable bonds is 3. The van der Waals surface area contributed by atoms with Crippen LogP contribution in [0, 0.1) is 11.2 Å². The SMILES string of the molecule is N=C(N)c1ccc(Sc2cc3ccccc3[nH]2)c(F)c1Br. The fourth-order valence-electron chi connectivity index (χ4n) is 2.04. The van der Waals surface area contributed by atoms with Crippen LogP contribution in [0.25, 0.3) is 10.9 Å². The smallest absolute Gasteiger partial charge is 0.152 e. The van der Waals surface area contributed by atoms with Crippen LogP contribution in [0.15, 0.2) is 56.9 Å². The van der Waals surface area contributed by atoms with E-state index in [1.54, 1.807) is 12.1 Å². The standard InChI is InChI=1S/C15H11BrFN3S/c16-13-9(15(18)19)5-6-11(14(13)17)21-12-7-8-3-1-2-4-10(8)20-12/h1-7,20H,(H3,18,19). The van der Waals surface area contributed by atoms with E-state index in [9.17, 15) is 4.39 Å². The zero-order valence-corrected chi connectivity index (χ0v) is 13.2. The average Bonchev–Trinajstić information content (AvgIpc) is 2.86. The number of aromatic nitrogens is 1. The van der Waals surface area contributed by atoms with Gasteiger partial charge in [-0.3, -0.25) is 5.41 Å². The Morgan fingerprint density at radius 2 is 2.00 bits per heavy atom. The number of benzene rings is 2. The average molecular weight is 364 g/mol. The summed E-state index contributed by atoms with van der Waals surface area (Å²) in [6, 6.07) is 13.1. The van der Waals surface area contributed by atoms with Gasteiger partial charge in [-0.15, -0.1) is 0 Å². The molecule has 0 amide bonds. The third-order valence-electron chi connectivity index (χ3n) is 3.06. The monoisotopic (exact) mass is 363 g/mol. The fourth-order valence-corrected chi connectivity index (χ4v) is 3.64. The molecule has 3 rings (SSSR count). The Labute approximate surface area is 133 Å². The molecule has 106 valence electrons. The van der Waals surface area contributed by atoms with Crippen LogP contribution in [0.5, 0.6) is 0 Å². The second kappa shape index (κ2) is 5.54. The van der Waals surface area contributed by atoms with Crippen molar-refractivity contribution in [1.82, 2.24) is 4.98 Å². The lowest BCUT2D eigenvalue weighted by atomic mass is 10.2. The van der Waals surface area contributed by atoms with Crippen LogP contribution < -0.4 is 5.73 Å². The topological polar surface area (TPSA) is 65.7 Å². The van der Waals surface area contributed by atoms with E-state index in [1.807, 2.05) is 30.3 Å². The molecule has 0 aliphatic heterocycles. The fraction of sp³-hybridized carbons (Fsp3) is 0. The number of fused-ring (bicyclic) bond motifs is 1. The van der Waals surface area contributed by atoms with Crippen LogP contribution in [0.2, 0.25) is 0 Å². The molecule has 0 saturated carbocycles. The van der Waals surface area contributed by atoms with Crippen molar-refractivity contribution in [3.05, 3.63) is 58.3 Å². The van der Waals surface area contributed by atoms with Crippen LogP contribution in [0.3, 0.4) is 0 Å². The van der Waals surface area contributed by atoms with Crippen molar-refractivity contribution in [1.29, 1.82) is 5.41 Å². The van der Waals surface area contributed by atoms with Gasteiger partial charge in [-0.05, 0) is 40.2 Å². The van der Waals surface area contributed by atoms with Gasteiger partial charge < -0.3 is 10.7 Å². The highest BCUT2D eigenvalue weighted by Crippen LogP contribution is 2.35. The zero-order chi connectivity index (χ0) is 15.0. The Morgan fingerprint density at radius 3 is 2.71 bits per heavy atom. The minimum absolute atomic E-state index is 0.164. The van der Waals surface area contributed by atoms with Crippen LogP contribution in [-0.2, 0) is 0 Å². The Hall–Kier alpha value is -1.79. The summed E-state index contributed by atoms with van der Waals surface area (Å²) in [5, 5.41) is 9.35. The molecule has 0 radical (unpaired) electrons. The summed E-state index contributed by atoms with van der Waals surface area (Å²) >= 11 is 4.46. The minimum atomic E-state index is -0.411. The molecule has 6 heteroatoms. The van der Waals surface area contributed by atoms with Gasteiger partial charge in [0.15, 0.2) is 5.82 Å². The predicted octanol–water partition coefficient (Wildman–Crippen LogP) is 4.50. The first kappa shape index (κ1) is 14.2. The van der Waals surface area contributed by atoms with Gasteiger partial charge in [0.2, 0.25) is 0 Å². The maximum atomic E-state index is 14.3. The third-order valence-corrected chi connectivity index (χ3v) is 4.81. The lowest BCUT2D eigenvalue weighted by Crippen LogP contribution is -2.12. The molecule has 4 N–H and O–H groups in total. The molecule has 0 fully saturated rings. The van der Waals surface area contributed by atoms with Gasteiger partial charge in [-0.2, -0.15) is 0 Å².